The predicted molar refractivity (Wildman–Crippen MR) is 108 cm³/mol. The maximum atomic E-state index is 14.4. The number of nitrogen functional groups attached to an aromatic ring is 1. The number of nitrogens with zero attached hydrogens (tertiary/aromatic N) is 4. The third-order valence-corrected chi connectivity index (χ3v) is 4.72. The van der Waals surface area contributed by atoms with Crippen molar-refractivity contribution in [3.05, 3.63) is 79.0 Å². The minimum atomic E-state index is -0.333. The molecular weight excluding hydrogens is 353 g/mol. The van der Waals surface area contributed by atoms with E-state index in [1.54, 1.807) is 24.4 Å². The van der Waals surface area contributed by atoms with Crippen LogP contribution in [0.15, 0.2) is 73.2 Å². The number of rotatable bonds is 2. The first kappa shape index (κ1) is 16.3. The molecule has 5 aromatic rings. The van der Waals surface area contributed by atoms with Crippen molar-refractivity contribution in [2.45, 2.75) is 0 Å². The molecule has 3 heterocycles. The second-order valence-electron chi connectivity index (χ2n) is 6.37. The molecule has 0 fully saturated rings. The first-order valence-corrected chi connectivity index (χ1v) is 8.72. The van der Waals surface area contributed by atoms with E-state index in [0.29, 0.717) is 22.7 Å². The molecule has 5 nitrogen and oxygen atoms in total. The van der Waals surface area contributed by atoms with Gasteiger partial charge in [0.1, 0.15) is 18.0 Å². The summed E-state index contributed by atoms with van der Waals surface area (Å²) < 4.78 is 14.4. The second kappa shape index (κ2) is 6.35. The van der Waals surface area contributed by atoms with Gasteiger partial charge in [-0.2, -0.15) is 0 Å². The average Bonchev–Trinajstić information content (AvgIpc) is 2.73. The fraction of sp³-hybridized carbons (Fsp3) is 0. The molecule has 0 unspecified atom stereocenters. The summed E-state index contributed by atoms with van der Waals surface area (Å²) in [4.78, 5) is 17.5. The molecule has 0 aliphatic heterocycles. The summed E-state index contributed by atoms with van der Waals surface area (Å²) in [5.41, 5.74) is 9.96. The summed E-state index contributed by atoms with van der Waals surface area (Å²) >= 11 is 0. The van der Waals surface area contributed by atoms with E-state index in [9.17, 15) is 4.39 Å². The van der Waals surface area contributed by atoms with E-state index >= 15 is 0 Å². The Hall–Kier alpha value is -3.93. The van der Waals surface area contributed by atoms with E-state index in [0.717, 1.165) is 27.4 Å². The number of benzene rings is 2. The molecule has 0 radical (unpaired) electrons. The zero-order valence-corrected chi connectivity index (χ0v) is 14.7. The van der Waals surface area contributed by atoms with Crippen LogP contribution in [-0.4, -0.2) is 19.9 Å². The molecule has 2 aromatic carbocycles. The standard InChI is InChI=1S/C22H14FN5/c23-18-9-2-1-5-15(18)19-11-17(14-8-4-10-25-22(14)28-19)13-6-3-7-16-20(13)26-12-27-21(16)24/h1-12H,(H2,24,26,27). The highest BCUT2D eigenvalue weighted by atomic mass is 19.1. The van der Waals surface area contributed by atoms with Gasteiger partial charge in [-0.3, -0.25) is 0 Å². The fourth-order valence-corrected chi connectivity index (χ4v) is 3.41. The normalized spacial score (nSPS) is 11.2. The first-order valence-electron chi connectivity index (χ1n) is 8.72. The van der Waals surface area contributed by atoms with E-state index in [1.807, 2.05) is 36.4 Å². The smallest absolute Gasteiger partial charge is 0.160 e. The molecule has 0 bridgehead atoms. The van der Waals surface area contributed by atoms with Crippen LogP contribution in [0.4, 0.5) is 10.2 Å². The number of hydrogen-bond acceptors (Lipinski definition) is 5. The number of nitrogens with two attached hydrogens (primary N) is 1. The van der Waals surface area contributed by atoms with Crippen LogP contribution in [0.1, 0.15) is 0 Å². The Kier molecular flexibility index (Phi) is 3.69. The highest BCUT2D eigenvalue weighted by Crippen LogP contribution is 2.35. The van der Waals surface area contributed by atoms with Crippen LogP contribution in [-0.2, 0) is 0 Å². The maximum Gasteiger partial charge on any atom is 0.160 e. The molecule has 0 atom stereocenters. The SMILES string of the molecule is Nc1ncnc2c(-c3cc(-c4ccccc4F)nc4ncccc34)cccc12. The summed E-state index contributed by atoms with van der Waals surface area (Å²) in [5.74, 6) is 0.0818. The fourth-order valence-electron chi connectivity index (χ4n) is 3.41. The zero-order valence-electron chi connectivity index (χ0n) is 14.7. The minimum absolute atomic E-state index is 0.333. The van der Waals surface area contributed by atoms with Crippen LogP contribution in [0.3, 0.4) is 0 Å². The van der Waals surface area contributed by atoms with E-state index in [-0.39, 0.29) is 5.82 Å². The highest BCUT2D eigenvalue weighted by Gasteiger charge is 2.15. The molecule has 0 saturated carbocycles. The summed E-state index contributed by atoms with van der Waals surface area (Å²) in [7, 11) is 0. The largest absolute Gasteiger partial charge is 0.383 e. The molecule has 3 aromatic heterocycles. The lowest BCUT2D eigenvalue weighted by Gasteiger charge is -2.12. The van der Waals surface area contributed by atoms with Gasteiger partial charge in [0.05, 0.1) is 11.2 Å². The van der Waals surface area contributed by atoms with E-state index in [4.69, 9.17) is 5.73 Å². The summed E-state index contributed by atoms with van der Waals surface area (Å²) in [6, 6.07) is 18.0. The number of fused-ring (bicyclic) bond motifs is 2. The lowest BCUT2D eigenvalue weighted by atomic mass is 9.97. The quantitative estimate of drug-likeness (QED) is 0.492. The van der Waals surface area contributed by atoms with E-state index in [2.05, 4.69) is 19.9 Å². The Morgan fingerprint density at radius 2 is 1.57 bits per heavy atom. The van der Waals surface area contributed by atoms with Gasteiger partial charge in [0, 0.05) is 28.1 Å². The van der Waals surface area contributed by atoms with Gasteiger partial charge in [-0.25, -0.2) is 24.3 Å². The van der Waals surface area contributed by atoms with Gasteiger partial charge >= 0.3 is 0 Å². The summed E-state index contributed by atoms with van der Waals surface area (Å²) in [6.07, 6.45) is 3.12. The number of halogens is 1. The Morgan fingerprint density at radius 3 is 2.46 bits per heavy atom. The summed E-state index contributed by atoms with van der Waals surface area (Å²) in [6.45, 7) is 0. The molecule has 5 rings (SSSR count). The monoisotopic (exact) mass is 367 g/mol. The Balaban J connectivity index is 1.88. The Bertz CT molecular complexity index is 1350. The van der Waals surface area contributed by atoms with Crippen molar-refractivity contribution < 1.29 is 4.39 Å². The average molecular weight is 367 g/mol. The molecule has 6 heteroatoms. The Morgan fingerprint density at radius 1 is 0.750 bits per heavy atom. The van der Waals surface area contributed by atoms with Gasteiger partial charge in [0.15, 0.2) is 5.65 Å². The molecule has 0 aliphatic carbocycles. The molecule has 0 saturated heterocycles. The van der Waals surface area contributed by atoms with Crippen molar-refractivity contribution >= 4 is 27.8 Å². The van der Waals surface area contributed by atoms with Crippen molar-refractivity contribution in [2.75, 3.05) is 5.73 Å². The Labute approximate surface area is 159 Å². The van der Waals surface area contributed by atoms with Crippen molar-refractivity contribution in [1.82, 2.24) is 19.9 Å². The van der Waals surface area contributed by atoms with E-state index in [1.165, 1.54) is 12.4 Å². The van der Waals surface area contributed by atoms with Gasteiger partial charge in [0.2, 0.25) is 0 Å². The predicted octanol–water partition coefficient (Wildman–Crippen LogP) is 4.63. The van der Waals surface area contributed by atoms with Gasteiger partial charge in [0.25, 0.3) is 0 Å². The molecule has 0 aliphatic rings. The summed E-state index contributed by atoms with van der Waals surface area (Å²) in [5, 5.41) is 1.62. The van der Waals surface area contributed by atoms with Crippen molar-refractivity contribution in [3.63, 3.8) is 0 Å². The molecule has 2 N–H and O–H groups in total. The molecule has 0 spiro atoms. The maximum absolute atomic E-state index is 14.4. The van der Waals surface area contributed by atoms with Crippen molar-refractivity contribution in [2.24, 2.45) is 0 Å². The first-order chi connectivity index (χ1) is 13.7. The third-order valence-electron chi connectivity index (χ3n) is 4.72. The molecular formula is C22H14FN5. The van der Waals surface area contributed by atoms with Gasteiger partial charge in [-0.1, -0.05) is 24.3 Å². The van der Waals surface area contributed by atoms with Crippen LogP contribution in [0.5, 0.6) is 0 Å². The van der Waals surface area contributed by atoms with Crippen LogP contribution in [0.2, 0.25) is 0 Å². The van der Waals surface area contributed by atoms with Crippen LogP contribution in [0, 0.1) is 5.82 Å². The van der Waals surface area contributed by atoms with Gasteiger partial charge in [-0.05, 0) is 42.0 Å². The lowest BCUT2D eigenvalue weighted by molar-refractivity contribution is 0.631. The lowest BCUT2D eigenvalue weighted by Crippen LogP contribution is -1.96. The van der Waals surface area contributed by atoms with Crippen LogP contribution in [0.25, 0.3) is 44.3 Å². The van der Waals surface area contributed by atoms with E-state index < -0.39 is 0 Å². The zero-order chi connectivity index (χ0) is 19.1. The third kappa shape index (κ3) is 2.54. The van der Waals surface area contributed by atoms with Gasteiger partial charge < -0.3 is 5.73 Å². The van der Waals surface area contributed by atoms with Crippen LogP contribution < -0.4 is 5.73 Å². The number of para-hydroxylation sites is 1. The highest BCUT2D eigenvalue weighted by molar-refractivity contribution is 6.05. The number of pyridine rings is 2. The minimum Gasteiger partial charge on any atom is -0.383 e. The number of anilines is 1. The van der Waals surface area contributed by atoms with Crippen molar-refractivity contribution in [3.8, 4) is 22.4 Å². The van der Waals surface area contributed by atoms with Crippen LogP contribution >= 0.6 is 0 Å². The van der Waals surface area contributed by atoms with Gasteiger partial charge in [-0.15, -0.1) is 0 Å². The topological polar surface area (TPSA) is 77.6 Å². The number of aromatic nitrogens is 4. The molecule has 134 valence electrons. The molecule has 28 heavy (non-hydrogen) atoms. The number of hydrogen-bond donors (Lipinski definition) is 1. The molecule has 0 amide bonds. The van der Waals surface area contributed by atoms with Crippen molar-refractivity contribution in [1.29, 1.82) is 0 Å². The second-order valence-corrected chi connectivity index (χ2v) is 6.37.